The third-order valence-electron chi connectivity index (χ3n) is 5.63. The van der Waals surface area contributed by atoms with Crippen molar-refractivity contribution in [2.75, 3.05) is 0 Å². The summed E-state index contributed by atoms with van der Waals surface area (Å²) in [6.07, 6.45) is 9.11. The highest BCUT2D eigenvalue weighted by Gasteiger charge is 2.54. The highest BCUT2D eigenvalue weighted by Crippen LogP contribution is 2.66. The van der Waals surface area contributed by atoms with Gasteiger partial charge in [-0.3, -0.25) is 0 Å². The standard InChI is InChI=1S/C16H21BrS/c1-10-2-3-14(18-10)15(17)16-7-11-4-12(8-16)6-13(5-11)9-16/h2-3,11-13,15H,4-9H2,1H3. The fourth-order valence-corrected chi connectivity index (χ4v) is 7.37. The zero-order valence-corrected chi connectivity index (χ0v) is 13.4. The predicted octanol–water partition coefficient (Wildman–Crippen LogP) is 5.71. The highest BCUT2D eigenvalue weighted by atomic mass is 79.9. The van der Waals surface area contributed by atoms with Crippen LogP contribution in [0.15, 0.2) is 12.1 Å². The molecule has 5 rings (SSSR count). The topological polar surface area (TPSA) is 0 Å². The highest BCUT2D eigenvalue weighted by molar-refractivity contribution is 9.09. The van der Waals surface area contributed by atoms with E-state index in [1.807, 2.05) is 11.3 Å². The Labute approximate surface area is 122 Å². The minimum absolute atomic E-state index is 0.603. The molecule has 1 aromatic heterocycles. The summed E-state index contributed by atoms with van der Waals surface area (Å²) in [5.41, 5.74) is 0.603. The minimum Gasteiger partial charge on any atom is -0.145 e. The van der Waals surface area contributed by atoms with Gasteiger partial charge >= 0.3 is 0 Å². The molecule has 4 bridgehead atoms. The van der Waals surface area contributed by atoms with Crippen molar-refractivity contribution in [1.29, 1.82) is 0 Å². The van der Waals surface area contributed by atoms with Gasteiger partial charge in [-0.1, -0.05) is 15.9 Å². The summed E-state index contributed by atoms with van der Waals surface area (Å²) in [6, 6.07) is 4.65. The van der Waals surface area contributed by atoms with Crippen LogP contribution in [0.3, 0.4) is 0 Å². The molecular formula is C16H21BrS. The average molecular weight is 325 g/mol. The smallest absolute Gasteiger partial charge is 0.0545 e. The van der Waals surface area contributed by atoms with Crippen molar-refractivity contribution in [3.05, 3.63) is 21.9 Å². The molecule has 1 atom stereocenters. The van der Waals surface area contributed by atoms with Gasteiger partial charge in [0.05, 0.1) is 4.83 Å². The van der Waals surface area contributed by atoms with Crippen molar-refractivity contribution in [3.63, 3.8) is 0 Å². The summed E-state index contributed by atoms with van der Waals surface area (Å²) in [7, 11) is 0. The second kappa shape index (κ2) is 4.09. The van der Waals surface area contributed by atoms with Gasteiger partial charge in [0.25, 0.3) is 0 Å². The molecule has 0 aromatic carbocycles. The molecule has 0 N–H and O–H groups in total. The van der Waals surface area contributed by atoms with E-state index in [2.05, 4.69) is 35.0 Å². The van der Waals surface area contributed by atoms with Crippen LogP contribution in [0.5, 0.6) is 0 Å². The number of halogens is 1. The lowest BCUT2D eigenvalue weighted by Crippen LogP contribution is -2.47. The molecule has 1 heterocycles. The van der Waals surface area contributed by atoms with E-state index in [0.717, 1.165) is 17.8 Å². The molecule has 98 valence electrons. The van der Waals surface area contributed by atoms with Crippen LogP contribution in [0.4, 0.5) is 0 Å². The molecule has 1 unspecified atom stereocenters. The first-order chi connectivity index (χ1) is 8.64. The van der Waals surface area contributed by atoms with Crippen LogP contribution in [-0.2, 0) is 0 Å². The van der Waals surface area contributed by atoms with Gasteiger partial charge in [0.15, 0.2) is 0 Å². The molecule has 18 heavy (non-hydrogen) atoms. The lowest BCUT2D eigenvalue weighted by molar-refractivity contribution is -0.0524. The van der Waals surface area contributed by atoms with E-state index < -0.39 is 0 Å². The van der Waals surface area contributed by atoms with Gasteiger partial charge in [0.2, 0.25) is 0 Å². The normalized spacial score (nSPS) is 43.3. The van der Waals surface area contributed by atoms with Gasteiger partial charge in [0, 0.05) is 9.75 Å². The lowest BCUT2D eigenvalue weighted by atomic mass is 9.49. The molecule has 1 aromatic rings. The van der Waals surface area contributed by atoms with Gasteiger partial charge in [-0.25, -0.2) is 0 Å². The van der Waals surface area contributed by atoms with Crippen molar-refractivity contribution < 1.29 is 0 Å². The number of aryl methyl sites for hydroxylation is 1. The number of alkyl halides is 1. The Kier molecular flexibility index (Phi) is 2.71. The zero-order chi connectivity index (χ0) is 12.3. The van der Waals surface area contributed by atoms with Crippen LogP contribution in [0.25, 0.3) is 0 Å². The quantitative estimate of drug-likeness (QED) is 0.611. The first-order valence-corrected chi connectivity index (χ1v) is 9.08. The monoisotopic (exact) mass is 324 g/mol. The summed E-state index contributed by atoms with van der Waals surface area (Å²) in [5.74, 6) is 3.16. The Morgan fingerprint density at radius 3 is 2.11 bits per heavy atom. The Balaban J connectivity index is 1.67. The van der Waals surface area contributed by atoms with E-state index in [4.69, 9.17) is 0 Å². The maximum absolute atomic E-state index is 4.10. The van der Waals surface area contributed by atoms with Gasteiger partial charge < -0.3 is 0 Å². The molecule has 0 nitrogen and oxygen atoms in total. The van der Waals surface area contributed by atoms with E-state index in [1.165, 1.54) is 24.1 Å². The van der Waals surface area contributed by atoms with Crippen LogP contribution >= 0.6 is 27.3 Å². The number of rotatable bonds is 2. The Bertz CT molecular complexity index is 426. The lowest BCUT2D eigenvalue weighted by Gasteiger charge is -2.58. The third-order valence-corrected chi connectivity index (χ3v) is 8.47. The SMILES string of the molecule is Cc1ccc(C(Br)C23CC4CC(CC(C4)C2)C3)s1. The maximum atomic E-state index is 4.10. The molecule has 4 aliphatic rings. The molecule has 0 radical (unpaired) electrons. The van der Waals surface area contributed by atoms with E-state index in [-0.39, 0.29) is 0 Å². The van der Waals surface area contributed by atoms with Gasteiger partial charge in [0.1, 0.15) is 0 Å². The van der Waals surface area contributed by atoms with Crippen LogP contribution in [-0.4, -0.2) is 0 Å². The van der Waals surface area contributed by atoms with Gasteiger partial charge in [-0.15, -0.1) is 11.3 Å². The van der Waals surface area contributed by atoms with E-state index in [1.54, 1.807) is 24.1 Å². The van der Waals surface area contributed by atoms with Crippen molar-refractivity contribution in [1.82, 2.24) is 0 Å². The fraction of sp³-hybridized carbons (Fsp3) is 0.750. The second-order valence-electron chi connectivity index (χ2n) is 7.09. The number of thiophene rings is 1. The van der Waals surface area contributed by atoms with Crippen molar-refractivity contribution in [3.8, 4) is 0 Å². The minimum atomic E-state index is 0.603. The maximum Gasteiger partial charge on any atom is 0.0545 e. The Morgan fingerprint density at radius 1 is 1.11 bits per heavy atom. The molecule has 4 fully saturated rings. The van der Waals surface area contributed by atoms with Crippen LogP contribution in [0.2, 0.25) is 0 Å². The largest absolute Gasteiger partial charge is 0.145 e. The Hall–Kier alpha value is 0.180. The fourth-order valence-electron chi connectivity index (χ4n) is 5.38. The predicted molar refractivity (Wildman–Crippen MR) is 81.3 cm³/mol. The Morgan fingerprint density at radius 2 is 1.67 bits per heavy atom. The summed E-state index contributed by atoms with van der Waals surface area (Å²) >= 11 is 6.10. The summed E-state index contributed by atoms with van der Waals surface area (Å²) < 4.78 is 0. The number of hydrogen-bond donors (Lipinski definition) is 0. The second-order valence-corrected chi connectivity index (χ2v) is 9.33. The van der Waals surface area contributed by atoms with Crippen LogP contribution in [0.1, 0.15) is 53.1 Å². The van der Waals surface area contributed by atoms with Crippen molar-refractivity contribution in [2.45, 2.75) is 50.3 Å². The summed E-state index contributed by atoms with van der Waals surface area (Å²) in [5, 5.41) is 0. The van der Waals surface area contributed by atoms with Crippen LogP contribution < -0.4 is 0 Å². The molecule has 0 aliphatic heterocycles. The average Bonchev–Trinajstić information content (AvgIpc) is 2.73. The molecular weight excluding hydrogens is 304 g/mol. The van der Waals surface area contributed by atoms with Gasteiger partial charge in [-0.2, -0.15) is 0 Å². The van der Waals surface area contributed by atoms with Crippen LogP contribution in [0, 0.1) is 30.1 Å². The first-order valence-electron chi connectivity index (χ1n) is 7.35. The van der Waals surface area contributed by atoms with E-state index >= 15 is 0 Å². The zero-order valence-electron chi connectivity index (χ0n) is 11.0. The van der Waals surface area contributed by atoms with Crippen molar-refractivity contribution in [2.24, 2.45) is 23.2 Å². The first kappa shape index (κ1) is 12.0. The van der Waals surface area contributed by atoms with Gasteiger partial charge in [-0.05, 0) is 80.8 Å². The molecule has 0 saturated heterocycles. The van der Waals surface area contributed by atoms with E-state index in [9.17, 15) is 0 Å². The molecule has 2 heteroatoms. The molecule has 4 aliphatic carbocycles. The summed E-state index contributed by atoms with van der Waals surface area (Å²) in [4.78, 5) is 3.66. The molecule has 4 saturated carbocycles. The third kappa shape index (κ3) is 1.75. The summed E-state index contributed by atoms with van der Waals surface area (Å²) in [6.45, 7) is 2.23. The number of hydrogen-bond acceptors (Lipinski definition) is 1. The molecule has 0 spiro atoms. The molecule has 0 amide bonds. The van der Waals surface area contributed by atoms with E-state index in [0.29, 0.717) is 10.2 Å². The van der Waals surface area contributed by atoms with Crippen molar-refractivity contribution >= 4 is 27.3 Å².